The molecule has 0 unspecified atom stereocenters. The lowest BCUT2D eigenvalue weighted by atomic mass is 10.2. The molecule has 0 fully saturated rings. The number of nitrogens with zero attached hydrogens (tertiary/aromatic N) is 1. The molecule has 0 saturated heterocycles. The fraction of sp³-hybridized carbons (Fsp3) is 0.417. The minimum atomic E-state index is -3.68. The molecule has 0 saturated carbocycles. The Hall–Kier alpha value is -1.36. The van der Waals surface area contributed by atoms with Crippen LogP contribution in [0.4, 0.5) is 0 Å². The molecule has 1 aromatic carbocycles. The van der Waals surface area contributed by atoms with Crippen LogP contribution >= 0.6 is 0 Å². The van der Waals surface area contributed by atoms with Crippen LogP contribution in [0.15, 0.2) is 29.2 Å². The summed E-state index contributed by atoms with van der Waals surface area (Å²) >= 11 is 0. The van der Waals surface area contributed by atoms with Crippen LogP contribution in [0.2, 0.25) is 0 Å². The van der Waals surface area contributed by atoms with Crippen LogP contribution in [0.25, 0.3) is 0 Å². The highest BCUT2D eigenvalue weighted by Crippen LogP contribution is 2.15. The third kappa shape index (κ3) is 3.85. The van der Waals surface area contributed by atoms with E-state index in [-0.39, 0.29) is 4.90 Å². The van der Waals surface area contributed by atoms with Crippen molar-refractivity contribution in [2.24, 2.45) is 0 Å². The third-order valence-electron chi connectivity index (χ3n) is 2.09. The maximum Gasteiger partial charge on any atom is 0.266 e. The molecule has 5 heteroatoms. The molecule has 0 aromatic heterocycles. The fourth-order valence-electron chi connectivity index (χ4n) is 1.10. The number of aryl methyl sites for hydroxylation is 1. The summed E-state index contributed by atoms with van der Waals surface area (Å²) in [5.74, 6) is -0.503. The molecule has 0 N–H and O–H groups in total. The quantitative estimate of drug-likeness (QED) is 0.816. The highest BCUT2D eigenvalue weighted by atomic mass is 32.2. The molecule has 4 nitrogen and oxygen atoms in total. The zero-order valence-electron chi connectivity index (χ0n) is 10.9. The van der Waals surface area contributed by atoms with Gasteiger partial charge in [0, 0.05) is 14.0 Å². The van der Waals surface area contributed by atoms with E-state index in [4.69, 9.17) is 0 Å². The van der Waals surface area contributed by atoms with Crippen molar-refractivity contribution in [2.75, 3.05) is 7.05 Å². The molecule has 96 valence electrons. The summed E-state index contributed by atoms with van der Waals surface area (Å²) in [6, 6.07) is 6.46. The van der Waals surface area contributed by atoms with Gasteiger partial charge in [-0.25, -0.2) is 12.7 Å². The van der Waals surface area contributed by atoms with Crippen molar-refractivity contribution in [1.29, 1.82) is 0 Å². The standard InChI is InChI=1S/C10H13NO3S.C2H6/c1-8-5-4-6-10(7-8)15(13,14)11(3)9(2)12;1-2/h4-7H,1-3H3;1-2H3. The van der Waals surface area contributed by atoms with Gasteiger partial charge in [0.1, 0.15) is 0 Å². The van der Waals surface area contributed by atoms with Crippen LogP contribution in [0, 0.1) is 6.92 Å². The van der Waals surface area contributed by atoms with Crippen molar-refractivity contribution >= 4 is 15.9 Å². The van der Waals surface area contributed by atoms with Crippen LogP contribution in [0.5, 0.6) is 0 Å². The predicted molar refractivity (Wildman–Crippen MR) is 68.2 cm³/mol. The lowest BCUT2D eigenvalue weighted by Gasteiger charge is -2.15. The van der Waals surface area contributed by atoms with Gasteiger partial charge in [-0.05, 0) is 24.6 Å². The third-order valence-corrected chi connectivity index (χ3v) is 3.92. The van der Waals surface area contributed by atoms with E-state index < -0.39 is 15.9 Å². The van der Waals surface area contributed by atoms with Crippen molar-refractivity contribution in [2.45, 2.75) is 32.6 Å². The van der Waals surface area contributed by atoms with Gasteiger partial charge in [0.05, 0.1) is 4.90 Å². The molecular formula is C12H19NO3S. The monoisotopic (exact) mass is 257 g/mol. The summed E-state index contributed by atoms with van der Waals surface area (Å²) in [5, 5.41) is 0. The molecule has 1 amide bonds. The number of sulfonamides is 1. The van der Waals surface area contributed by atoms with Crippen molar-refractivity contribution < 1.29 is 13.2 Å². The van der Waals surface area contributed by atoms with E-state index in [0.29, 0.717) is 0 Å². The van der Waals surface area contributed by atoms with E-state index in [2.05, 4.69) is 0 Å². The summed E-state index contributed by atoms with van der Waals surface area (Å²) in [7, 11) is -2.43. The average molecular weight is 257 g/mol. The first-order chi connectivity index (χ1) is 7.85. The van der Waals surface area contributed by atoms with Crippen molar-refractivity contribution in [3.63, 3.8) is 0 Å². The molecule has 0 heterocycles. The molecule has 0 aliphatic heterocycles. The lowest BCUT2D eigenvalue weighted by Crippen LogP contribution is -2.31. The Balaban J connectivity index is 0.00000121. The highest BCUT2D eigenvalue weighted by Gasteiger charge is 2.22. The topological polar surface area (TPSA) is 54.5 Å². The number of carbonyl (C=O) groups excluding carboxylic acids is 1. The fourth-order valence-corrected chi connectivity index (χ4v) is 2.34. The van der Waals surface area contributed by atoms with Crippen LogP contribution in [0.1, 0.15) is 26.3 Å². The molecule has 0 radical (unpaired) electrons. The van der Waals surface area contributed by atoms with Gasteiger partial charge in [0.2, 0.25) is 5.91 Å². The van der Waals surface area contributed by atoms with E-state index in [9.17, 15) is 13.2 Å². The molecule has 0 aliphatic carbocycles. The average Bonchev–Trinajstić information content (AvgIpc) is 2.30. The number of amides is 1. The number of hydrogen-bond acceptors (Lipinski definition) is 3. The first kappa shape index (κ1) is 15.6. The number of hydrogen-bond donors (Lipinski definition) is 0. The van der Waals surface area contributed by atoms with Crippen molar-refractivity contribution in [1.82, 2.24) is 4.31 Å². The van der Waals surface area contributed by atoms with Crippen LogP contribution in [0.3, 0.4) is 0 Å². The number of carbonyl (C=O) groups is 1. The summed E-state index contributed by atoms with van der Waals surface area (Å²) < 4.78 is 24.4. The summed E-state index contributed by atoms with van der Waals surface area (Å²) in [5.41, 5.74) is 0.841. The summed E-state index contributed by atoms with van der Waals surface area (Å²) in [4.78, 5) is 11.1. The summed E-state index contributed by atoms with van der Waals surface area (Å²) in [6.07, 6.45) is 0. The first-order valence-corrected chi connectivity index (χ1v) is 6.86. The minimum absolute atomic E-state index is 0.139. The highest BCUT2D eigenvalue weighted by molar-refractivity contribution is 7.89. The second kappa shape index (κ2) is 6.39. The number of rotatable bonds is 2. The molecule has 1 rings (SSSR count). The SMILES string of the molecule is CC.CC(=O)N(C)S(=O)(=O)c1cccc(C)c1. The van der Waals surface area contributed by atoms with Gasteiger partial charge in [-0.15, -0.1) is 0 Å². The lowest BCUT2D eigenvalue weighted by molar-refractivity contribution is -0.123. The van der Waals surface area contributed by atoms with Gasteiger partial charge in [-0.3, -0.25) is 4.79 Å². The van der Waals surface area contributed by atoms with Crippen molar-refractivity contribution in [3.8, 4) is 0 Å². The minimum Gasteiger partial charge on any atom is -0.274 e. The second-order valence-electron chi connectivity index (χ2n) is 3.31. The normalized spacial score (nSPS) is 10.2. The van der Waals surface area contributed by atoms with Crippen molar-refractivity contribution in [3.05, 3.63) is 29.8 Å². The Morgan fingerprint density at radius 2 is 1.76 bits per heavy atom. The van der Waals surface area contributed by atoms with Gasteiger partial charge in [0.15, 0.2) is 0 Å². The molecule has 0 atom stereocenters. The van der Waals surface area contributed by atoms with E-state index >= 15 is 0 Å². The smallest absolute Gasteiger partial charge is 0.266 e. The molecule has 1 aromatic rings. The van der Waals surface area contributed by atoms with Crippen LogP contribution in [-0.4, -0.2) is 25.7 Å². The van der Waals surface area contributed by atoms with Crippen LogP contribution < -0.4 is 0 Å². The largest absolute Gasteiger partial charge is 0.274 e. The van der Waals surface area contributed by atoms with Gasteiger partial charge in [-0.2, -0.15) is 0 Å². The van der Waals surface area contributed by atoms with E-state index in [1.54, 1.807) is 19.1 Å². The van der Waals surface area contributed by atoms with Gasteiger partial charge in [-0.1, -0.05) is 26.0 Å². The number of benzene rings is 1. The van der Waals surface area contributed by atoms with Gasteiger partial charge < -0.3 is 0 Å². The Bertz CT molecular complexity index is 480. The predicted octanol–water partition coefficient (Wildman–Crippen LogP) is 2.19. The van der Waals surface area contributed by atoms with Gasteiger partial charge >= 0.3 is 0 Å². The van der Waals surface area contributed by atoms with Crippen LogP contribution in [-0.2, 0) is 14.8 Å². The Morgan fingerprint density at radius 1 is 1.24 bits per heavy atom. The molecule has 0 aliphatic rings. The Labute approximate surface area is 103 Å². The van der Waals surface area contributed by atoms with E-state index in [1.165, 1.54) is 26.1 Å². The molecule has 0 bridgehead atoms. The Morgan fingerprint density at radius 3 is 2.18 bits per heavy atom. The molecule has 17 heavy (non-hydrogen) atoms. The Kier molecular flexibility index (Phi) is 5.88. The first-order valence-electron chi connectivity index (χ1n) is 5.42. The zero-order chi connectivity index (χ0) is 13.6. The maximum absolute atomic E-state index is 11.8. The molecule has 0 spiro atoms. The zero-order valence-corrected chi connectivity index (χ0v) is 11.7. The maximum atomic E-state index is 11.8. The van der Waals surface area contributed by atoms with E-state index in [1.807, 2.05) is 13.8 Å². The summed E-state index contributed by atoms with van der Waals surface area (Å²) in [6.45, 7) is 7.01. The molecular weight excluding hydrogens is 238 g/mol. The second-order valence-corrected chi connectivity index (χ2v) is 5.28. The van der Waals surface area contributed by atoms with E-state index in [0.717, 1.165) is 9.87 Å². The van der Waals surface area contributed by atoms with Gasteiger partial charge in [0.25, 0.3) is 10.0 Å².